The molecule has 1 unspecified atom stereocenters. The van der Waals surface area contributed by atoms with Crippen molar-refractivity contribution < 1.29 is 19.4 Å². The predicted molar refractivity (Wildman–Crippen MR) is 132 cm³/mol. The number of carbonyl (C=O) groups excluding carboxylic acids is 1. The molecule has 0 radical (unpaired) electrons. The van der Waals surface area contributed by atoms with Crippen LogP contribution in [-0.4, -0.2) is 46.0 Å². The van der Waals surface area contributed by atoms with Crippen LogP contribution in [0, 0.1) is 11.8 Å². The average Bonchev–Trinajstić information content (AvgIpc) is 2.90. The van der Waals surface area contributed by atoms with Gasteiger partial charge in [-0.25, -0.2) is 4.98 Å². The van der Waals surface area contributed by atoms with E-state index in [4.69, 9.17) is 21.3 Å². The number of Topliss-reactive ketones (excluding diaryl/α,β-unsaturated/α-hetero) is 1. The predicted octanol–water partition coefficient (Wildman–Crippen LogP) is 2.63. The number of hydrogen-bond donors (Lipinski definition) is 3. The molecule has 0 saturated heterocycles. The van der Waals surface area contributed by atoms with E-state index in [2.05, 4.69) is 21.8 Å². The topological polar surface area (TPSA) is 141 Å². The van der Waals surface area contributed by atoms with Crippen molar-refractivity contribution in [2.75, 3.05) is 13.2 Å². The van der Waals surface area contributed by atoms with Crippen LogP contribution in [0.3, 0.4) is 0 Å². The first kappa shape index (κ1) is 23.6. The Hall–Kier alpha value is -4.58. The summed E-state index contributed by atoms with van der Waals surface area (Å²) in [5.74, 6) is 5.42. The molecule has 0 aliphatic rings. The summed E-state index contributed by atoms with van der Waals surface area (Å²) in [6.07, 6.45) is 3.26. The minimum Gasteiger partial charge on any atom is -0.491 e. The summed E-state index contributed by atoms with van der Waals surface area (Å²) in [7, 11) is 0. The maximum Gasteiger partial charge on any atom is 0.324 e. The van der Waals surface area contributed by atoms with Gasteiger partial charge in [-0.15, -0.1) is 0 Å². The van der Waals surface area contributed by atoms with E-state index in [0.29, 0.717) is 27.9 Å². The molecule has 0 amide bonds. The molecule has 8 nitrogen and oxygen atoms in total. The number of nitrogens with two attached hydrogens (primary N) is 2. The maximum absolute atomic E-state index is 12.4. The van der Waals surface area contributed by atoms with Crippen LogP contribution in [0.1, 0.15) is 21.5 Å². The second-order valence-electron chi connectivity index (χ2n) is 7.68. The minimum absolute atomic E-state index is 0.0923. The van der Waals surface area contributed by atoms with Crippen molar-refractivity contribution in [2.24, 2.45) is 11.5 Å². The molecular formula is C27H22N4O4. The molecule has 1 atom stereocenters. The highest BCUT2D eigenvalue weighted by atomic mass is 16.5. The van der Waals surface area contributed by atoms with Crippen LogP contribution < -0.4 is 16.2 Å². The molecule has 5 N–H and O–H groups in total. The second-order valence-corrected chi connectivity index (χ2v) is 7.68. The fourth-order valence-electron chi connectivity index (χ4n) is 3.32. The van der Waals surface area contributed by atoms with E-state index < -0.39 is 12.0 Å². The highest BCUT2D eigenvalue weighted by molar-refractivity contribution is 6.08. The fraction of sp³-hybridized carbons (Fsp3) is 0.111. The van der Waals surface area contributed by atoms with Gasteiger partial charge in [-0.3, -0.25) is 14.6 Å². The van der Waals surface area contributed by atoms with Gasteiger partial charge >= 0.3 is 5.97 Å². The molecular weight excluding hydrogens is 444 g/mol. The number of carbonyl (C=O) groups is 2. The standard InChI is InChI=1S/C27H22N4O4/c28-14-26(32)21-13-25(31-24-11-12-30-15-22(21)24)19-7-3-17(4-8-19)1-2-18-5-9-20(10-6-18)35-16-23(29)27(33)34/h3-13,15,23H,14,16,28-29H2,(H,33,34). The highest BCUT2D eigenvalue weighted by Crippen LogP contribution is 2.25. The van der Waals surface area contributed by atoms with Crippen molar-refractivity contribution in [1.29, 1.82) is 0 Å². The van der Waals surface area contributed by atoms with Gasteiger partial charge in [-0.05, 0) is 48.5 Å². The lowest BCUT2D eigenvalue weighted by Crippen LogP contribution is -2.36. The number of rotatable bonds is 7. The molecule has 0 aliphatic heterocycles. The van der Waals surface area contributed by atoms with E-state index in [-0.39, 0.29) is 18.9 Å². The number of benzene rings is 2. The summed E-state index contributed by atoms with van der Waals surface area (Å²) in [4.78, 5) is 31.9. The maximum atomic E-state index is 12.4. The first-order chi connectivity index (χ1) is 16.9. The van der Waals surface area contributed by atoms with Crippen molar-refractivity contribution in [3.63, 3.8) is 0 Å². The van der Waals surface area contributed by atoms with Gasteiger partial charge in [-0.2, -0.15) is 0 Å². The van der Waals surface area contributed by atoms with Crippen LogP contribution in [0.5, 0.6) is 5.75 Å². The third-order valence-corrected chi connectivity index (χ3v) is 5.23. The van der Waals surface area contributed by atoms with Crippen molar-refractivity contribution in [1.82, 2.24) is 9.97 Å². The van der Waals surface area contributed by atoms with Crippen LogP contribution in [0.25, 0.3) is 22.2 Å². The molecule has 4 aromatic rings. The van der Waals surface area contributed by atoms with Crippen LogP contribution >= 0.6 is 0 Å². The summed E-state index contributed by atoms with van der Waals surface area (Å²) in [6, 6.07) is 17.0. The molecule has 0 fully saturated rings. The zero-order valence-corrected chi connectivity index (χ0v) is 18.6. The van der Waals surface area contributed by atoms with Gasteiger partial charge < -0.3 is 21.3 Å². The van der Waals surface area contributed by atoms with Crippen LogP contribution in [-0.2, 0) is 4.79 Å². The van der Waals surface area contributed by atoms with E-state index in [1.54, 1.807) is 48.8 Å². The number of nitrogens with zero attached hydrogens (tertiary/aromatic N) is 2. The Kier molecular flexibility index (Phi) is 7.12. The number of hydrogen-bond acceptors (Lipinski definition) is 7. The largest absolute Gasteiger partial charge is 0.491 e. The number of carboxylic acids is 1. The first-order valence-electron chi connectivity index (χ1n) is 10.8. The van der Waals surface area contributed by atoms with Gasteiger partial charge in [0.2, 0.25) is 0 Å². The summed E-state index contributed by atoms with van der Waals surface area (Å²) in [6.45, 7) is -0.206. The molecule has 174 valence electrons. The zero-order valence-electron chi connectivity index (χ0n) is 18.6. The van der Waals surface area contributed by atoms with Gasteiger partial charge in [0.05, 0.1) is 17.8 Å². The van der Waals surface area contributed by atoms with Crippen molar-refractivity contribution in [3.05, 3.63) is 89.7 Å². The third-order valence-electron chi connectivity index (χ3n) is 5.23. The molecule has 0 bridgehead atoms. The Bertz CT molecular complexity index is 1440. The highest BCUT2D eigenvalue weighted by Gasteiger charge is 2.13. The Balaban J connectivity index is 1.50. The summed E-state index contributed by atoms with van der Waals surface area (Å²) < 4.78 is 5.37. The summed E-state index contributed by atoms with van der Waals surface area (Å²) in [5, 5.41) is 9.48. The van der Waals surface area contributed by atoms with Crippen LogP contribution in [0.2, 0.25) is 0 Å². The molecule has 0 spiro atoms. The van der Waals surface area contributed by atoms with E-state index in [1.807, 2.05) is 24.3 Å². The normalized spacial score (nSPS) is 11.4. The Morgan fingerprint density at radius 1 is 1.00 bits per heavy atom. The van der Waals surface area contributed by atoms with Crippen molar-refractivity contribution in [2.45, 2.75) is 6.04 Å². The number of aromatic nitrogens is 2. The van der Waals surface area contributed by atoms with E-state index in [9.17, 15) is 9.59 Å². The molecule has 2 heterocycles. The smallest absolute Gasteiger partial charge is 0.324 e. The minimum atomic E-state index is -1.11. The molecule has 4 rings (SSSR count). The van der Waals surface area contributed by atoms with Gasteiger partial charge in [0.1, 0.15) is 18.4 Å². The lowest BCUT2D eigenvalue weighted by Gasteiger charge is -2.09. The monoisotopic (exact) mass is 466 g/mol. The summed E-state index contributed by atoms with van der Waals surface area (Å²) >= 11 is 0. The van der Waals surface area contributed by atoms with Gasteiger partial charge in [0.25, 0.3) is 0 Å². The Labute approximate surface area is 201 Å². The number of aliphatic carboxylic acids is 1. The molecule has 0 aliphatic carbocycles. The first-order valence-corrected chi connectivity index (χ1v) is 10.8. The van der Waals surface area contributed by atoms with Gasteiger partial charge in [0.15, 0.2) is 5.78 Å². The number of fused-ring (bicyclic) bond motifs is 1. The van der Waals surface area contributed by atoms with E-state index in [1.165, 1.54) is 0 Å². The third kappa shape index (κ3) is 5.68. The lowest BCUT2D eigenvalue weighted by atomic mass is 10.0. The Morgan fingerprint density at radius 2 is 1.66 bits per heavy atom. The quantitative estimate of drug-likeness (QED) is 0.279. The van der Waals surface area contributed by atoms with Crippen LogP contribution in [0.4, 0.5) is 0 Å². The molecule has 2 aromatic carbocycles. The number of carboxylic acid groups (broad SMARTS) is 1. The second kappa shape index (κ2) is 10.6. The molecule has 0 saturated carbocycles. The van der Waals surface area contributed by atoms with Gasteiger partial charge in [0, 0.05) is 40.0 Å². The number of pyridine rings is 2. The van der Waals surface area contributed by atoms with Gasteiger partial charge in [-0.1, -0.05) is 24.0 Å². The Morgan fingerprint density at radius 3 is 2.29 bits per heavy atom. The molecule has 8 heteroatoms. The van der Waals surface area contributed by atoms with E-state index in [0.717, 1.165) is 16.7 Å². The average molecular weight is 466 g/mol. The number of ketones is 1. The van der Waals surface area contributed by atoms with E-state index >= 15 is 0 Å². The lowest BCUT2D eigenvalue weighted by molar-refractivity contribution is -0.139. The number of ether oxygens (including phenoxy) is 1. The van der Waals surface area contributed by atoms with Crippen molar-refractivity contribution in [3.8, 4) is 28.8 Å². The van der Waals surface area contributed by atoms with Crippen molar-refractivity contribution >= 4 is 22.7 Å². The molecule has 2 aromatic heterocycles. The summed E-state index contributed by atoms with van der Waals surface area (Å²) in [5.41, 5.74) is 15.3. The fourth-order valence-corrected chi connectivity index (χ4v) is 3.32. The van der Waals surface area contributed by atoms with Crippen LogP contribution in [0.15, 0.2) is 73.1 Å². The zero-order chi connectivity index (χ0) is 24.8. The SMILES string of the molecule is NCC(=O)c1cc(-c2ccc(C#Cc3ccc(OCC(N)C(=O)O)cc3)cc2)nc2ccncc12. The molecule has 35 heavy (non-hydrogen) atoms.